The fraction of sp³-hybridized carbons (Fsp3) is 0.133. The zero-order valence-electron chi connectivity index (χ0n) is 12.8. The van der Waals surface area contributed by atoms with Crippen molar-refractivity contribution in [1.29, 1.82) is 0 Å². The average Bonchev–Trinajstić information content (AvgIpc) is 3.22. The fourth-order valence-corrected chi connectivity index (χ4v) is 4.39. The molecule has 124 valence electrons. The van der Waals surface area contributed by atoms with Crippen molar-refractivity contribution in [3.8, 4) is 0 Å². The van der Waals surface area contributed by atoms with Crippen LogP contribution in [0, 0.1) is 6.92 Å². The molecule has 3 aromatic heterocycles. The summed E-state index contributed by atoms with van der Waals surface area (Å²) in [6.07, 6.45) is 8.07. The first-order valence-corrected chi connectivity index (χ1v) is 10.4. The van der Waals surface area contributed by atoms with E-state index in [9.17, 15) is 0 Å². The van der Waals surface area contributed by atoms with Gasteiger partial charge in [0.15, 0.2) is 0 Å². The van der Waals surface area contributed by atoms with Gasteiger partial charge in [0.1, 0.15) is 0 Å². The zero-order valence-corrected chi connectivity index (χ0v) is 15.8. The number of allylic oxidation sites excluding steroid dienone is 2. The summed E-state index contributed by atoms with van der Waals surface area (Å²) in [6, 6.07) is 1.94. The van der Waals surface area contributed by atoms with Crippen molar-refractivity contribution in [3.63, 3.8) is 0 Å². The van der Waals surface area contributed by atoms with Gasteiger partial charge in [-0.05, 0) is 0 Å². The van der Waals surface area contributed by atoms with E-state index in [2.05, 4.69) is 43.9 Å². The molecule has 0 bridgehead atoms. The Morgan fingerprint density at radius 1 is 1.46 bits per heavy atom. The third-order valence-corrected chi connectivity index (χ3v) is 5.63. The van der Waals surface area contributed by atoms with Gasteiger partial charge in [-0.3, -0.25) is 0 Å². The minimum atomic E-state index is -0.0573. The standard InChI is InChI=1S/C15H15IN7S/c1-9-8-23-12(10-2-3-16-19-6-10)7-18-15(23)14(20-9)21-13-4-11(5-17)22-24-13/h2-4,6-8,19H,5,17H2,1H3,(H,20,21)/q-1. The molecule has 0 fully saturated rings. The van der Waals surface area contributed by atoms with Gasteiger partial charge in [-0.2, -0.15) is 0 Å². The molecule has 4 rings (SSSR count). The summed E-state index contributed by atoms with van der Waals surface area (Å²) in [5, 5.41) is 4.22. The molecule has 24 heavy (non-hydrogen) atoms. The number of imidazole rings is 1. The molecule has 7 nitrogen and oxygen atoms in total. The molecule has 0 aliphatic carbocycles. The molecule has 4 heterocycles. The summed E-state index contributed by atoms with van der Waals surface area (Å²) in [5.74, 6) is 0.717. The topological polar surface area (TPSA) is 93.2 Å². The number of hydrogen-bond donors (Lipinski definition) is 3. The molecule has 0 saturated heterocycles. The Bertz CT molecular complexity index is 956. The van der Waals surface area contributed by atoms with Crippen LogP contribution >= 0.6 is 11.5 Å². The molecule has 0 spiro atoms. The molecule has 0 saturated carbocycles. The Morgan fingerprint density at radius 3 is 3.12 bits per heavy atom. The molecule has 0 radical (unpaired) electrons. The molecular weight excluding hydrogens is 437 g/mol. The van der Waals surface area contributed by atoms with Crippen LogP contribution in [0.3, 0.4) is 0 Å². The van der Waals surface area contributed by atoms with Crippen molar-refractivity contribution >= 4 is 33.6 Å². The van der Waals surface area contributed by atoms with Crippen molar-refractivity contribution in [2.24, 2.45) is 5.73 Å². The molecule has 1 aliphatic rings. The number of aromatic nitrogens is 4. The third-order valence-electron chi connectivity index (χ3n) is 3.50. The van der Waals surface area contributed by atoms with E-state index in [1.807, 2.05) is 25.4 Å². The summed E-state index contributed by atoms with van der Waals surface area (Å²) < 4.78 is 11.9. The van der Waals surface area contributed by atoms with E-state index in [0.29, 0.717) is 12.4 Å². The summed E-state index contributed by atoms with van der Waals surface area (Å²) >= 11 is 1.31. The van der Waals surface area contributed by atoms with E-state index < -0.39 is 0 Å². The molecule has 0 atom stereocenters. The Morgan fingerprint density at radius 2 is 2.38 bits per heavy atom. The van der Waals surface area contributed by atoms with Gasteiger partial charge in [0.2, 0.25) is 0 Å². The molecule has 0 unspecified atom stereocenters. The number of halogens is 1. The van der Waals surface area contributed by atoms with Crippen LogP contribution < -0.4 is 36.1 Å². The molecule has 4 N–H and O–H groups in total. The van der Waals surface area contributed by atoms with Gasteiger partial charge in [-0.1, -0.05) is 0 Å². The number of nitrogens with two attached hydrogens (primary N) is 1. The van der Waals surface area contributed by atoms with Crippen LogP contribution in [0.1, 0.15) is 17.1 Å². The molecule has 3 aromatic rings. The van der Waals surface area contributed by atoms with E-state index in [1.165, 1.54) is 11.5 Å². The van der Waals surface area contributed by atoms with Gasteiger partial charge in [0.25, 0.3) is 0 Å². The first kappa shape index (κ1) is 15.5. The van der Waals surface area contributed by atoms with Crippen LogP contribution in [-0.2, 0) is 6.54 Å². The first-order chi connectivity index (χ1) is 11.7. The maximum atomic E-state index is 5.63. The number of nitrogens with one attached hydrogen (secondary N) is 2. The average molecular weight is 452 g/mol. The normalized spacial score (nSPS) is 14.2. The van der Waals surface area contributed by atoms with Crippen molar-refractivity contribution in [3.05, 3.63) is 51.9 Å². The van der Waals surface area contributed by atoms with Crippen LogP contribution in [0.4, 0.5) is 10.8 Å². The van der Waals surface area contributed by atoms with E-state index in [0.717, 1.165) is 33.3 Å². The fourth-order valence-electron chi connectivity index (χ4n) is 2.42. The third kappa shape index (κ3) is 2.89. The number of fused-ring (bicyclic) bond motifs is 1. The second-order valence-corrected chi connectivity index (χ2v) is 7.96. The number of aryl methyl sites for hydroxylation is 1. The van der Waals surface area contributed by atoms with Gasteiger partial charge in [0.05, 0.1) is 0 Å². The predicted octanol–water partition coefficient (Wildman–Crippen LogP) is -0.842. The number of rotatable bonds is 4. The van der Waals surface area contributed by atoms with E-state index in [4.69, 9.17) is 5.73 Å². The van der Waals surface area contributed by atoms with Crippen LogP contribution in [0.25, 0.3) is 11.2 Å². The van der Waals surface area contributed by atoms with E-state index in [1.54, 1.807) is 0 Å². The van der Waals surface area contributed by atoms with Crippen LogP contribution in [0.15, 0.2) is 34.8 Å². The molecule has 0 aromatic carbocycles. The van der Waals surface area contributed by atoms with Gasteiger partial charge >= 0.3 is 148 Å². The van der Waals surface area contributed by atoms with Crippen LogP contribution in [-0.4, -0.2) is 18.7 Å². The summed E-state index contributed by atoms with van der Waals surface area (Å²) in [4.78, 5) is 9.16. The Kier molecular flexibility index (Phi) is 4.21. The Hall–Kier alpha value is -1.98. The minimum absolute atomic E-state index is 0.0573. The van der Waals surface area contributed by atoms with Crippen LogP contribution in [0.5, 0.6) is 0 Å². The van der Waals surface area contributed by atoms with E-state index in [-0.39, 0.29) is 21.5 Å². The van der Waals surface area contributed by atoms with Crippen molar-refractivity contribution in [2.75, 3.05) is 5.32 Å². The maximum absolute atomic E-state index is 5.63. The molecule has 1 aliphatic heterocycles. The Balaban J connectivity index is 1.77. The van der Waals surface area contributed by atoms with Crippen molar-refractivity contribution in [1.82, 2.24) is 22.3 Å². The summed E-state index contributed by atoms with van der Waals surface area (Å²) in [6.45, 7) is 2.40. The monoisotopic (exact) mass is 452 g/mol. The molecule has 0 amide bonds. The van der Waals surface area contributed by atoms with Crippen molar-refractivity contribution in [2.45, 2.75) is 13.5 Å². The zero-order chi connectivity index (χ0) is 16.5. The Labute approximate surface area is 153 Å². The van der Waals surface area contributed by atoms with Crippen LogP contribution in [0.2, 0.25) is 0 Å². The summed E-state index contributed by atoms with van der Waals surface area (Å²) in [7, 11) is 0. The first-order valence-electron chi connectivity index (χ1n) is 7.27. The molecule has 9 heteroatoms. The number of hydrogen-bond acceptors (Lipinski definition) is 7. The molecular formula is C15H15IN7S-. The van der Waals surface area contributed by atoms with Gasteiger partial charge in [-0.25, -0.2) is 0 Å². The number of anilines is 2. The van der Waals surface area contributed by atoms with Crippen molar-refractivity contribution < 1.29 is 21.5 Å². The quantitative estimate of drug-likeness (QED) is 0.353. The van der Waals surface area contributed by atoms with E-state index >= 15 is 0 Å². The number of nitrogens with zero attached hydrogens (tertiary/aromatic N) is 4. The van der Waals surface area contributed by atoms with Gasteiger partial charge in [-0.15, -0.1) is 0 Å². The second-order valence-electron chi connectivity index (χ2n) is 5.19. The SMILES string of the molecule is Cc1cn2c(C3=CN[I-]C=C3)cnc2c(Nc2cc(CN)ns2)n1. The predicted molar refractivity (Wildman–Crippen MR) is 91.3 cm³/mol. The van der Waals surface area contributed by atoms with Gasteiger partial charge < -0.3 is 5.73 Å². The second kappa shape index (κ2) is 6.49. The summed E-state index contributed by atoms with van der Waals surface area (Å²) in [5.41, 5.74) is 10.3. The van der Waals surface area contributed by atoms with Gasteiger partial charge in [0, 0.05) is 0 Å².